The Labute approximate surface area is 223 Å². The van der Waals surface area contributed by atoms with E-state index in [1.54, 1.807) is 11.7 Å². The summed E-state index contributed by atoms with van der Waals surface area (Å²) in [5.41, 5.74) is 1.91. The van der Waals surface area contributed by atoms with Crippen LogP contribution in [0.1, 0.15) is 35.6 Å². The Morgan fingerprint density at radius 3 is 2.68 bits per heavy atom. The number of nitrogens with zero attached hydrogens (tertiary/aromatic N) is 1. The highest BCUT2D eigenvalue weighted by Crippen LogP contribution is 2.64. The fourth-order valence-corrected chi connectivity index (χ4v) is 10.1. The Bertz CT molecular complexity index is 1570. The van der Waals surface area contributed by atoms with E-state index in [-0.39, 0.29) is 23.2 Å². The van der Waals surface area contributed by atoms with E-state index in [4.69, 9.17) is 4.74 Å². The number of hydrogen-bond donors (Lipinski definition) is 1. The SMILES string of the molecule is COc1ccccc1[C@H]1c2sc(=O)n(CC(=O)Nc3ccc4ccccc4c3)c2SC2C3CCC(C3)C21. The van der Waals surface area contributed by atoms with E-state index in [1.807, 2.05) is 60.3 Å². The molecule has 2 bridgehead atoms. The molecule has 5 nitrogen and oxygen atoms in total. The second-order valence-corrected chi connectivity index (χ2v) is 12.6. The van der Waals surface area contributed by atoms with Crippen molar-refractivity contribution in [1.82, 2.24) is 4.57 Å². The number of carbonyl (C=O) groups excluding carboxylic acids is 1. The van der Waals surface area contributed by atoms with Crippen LogP contribution < -0.4 is 14.9 Å². The number of fused-ring (bicyclic) bond motifs is 7. The number of hydrogen-bond acceptors (Lipinski definition) is 5. The van der Waals surface area contributed by atoms with Crippen molar-refractivity contribution < 1.29 is 9.53 Å². The number of anilines is 1. The van der Waals surface area contributed by atoms with Crippen molar-refractivity contribution in [2.75, 3.05) is 12.4 Å². The maximum Gasteiger partial charge on any atom is 0.308 e. The number of benzene rings is 3. The molecule has 1 amide bonds. The van der Waals surface area contributed by atoms with Gasteiger partial charge in [-0.1, -0.05) is 59.9 Å². The van der Waals surface area contributed by atoms with E-state index in [0.29, 0.717) is 23.0 Å². The molecule has 4 aromatic rings. The van der Waals surface area contributed by atoms with E-state index < -0.39 is 0 Å². The van der Waals surface area contributed by atoms with Crippen molar-refractivity contribution in [3.63, 3.8) is 0 Å². The molecular weight excluding hydrogens is 500 g/mol. The lowest BCUT2D eigenvalue weighted by Crippen LogP contribution is -2.35. The van der Waals surface area contributed by atoms with E-state index in [1.165, 1.54) is 36.2 Å². The van der Waals surface area contributed by atoms with Crippen molar-refractivity contribution in [2.45, 2.75) is 42.0 Å². The molecule has 1 N–H and O–H groups in total. The van der Waals surface area contributed by atoms with E-state index in [0.717, 1.165) is 32.1 Å². The maximum atomic E-state index is 13.4. The molecule has 4 unspecified atom stereocenters. The van der Waals surface area contributed by atoms with Crippen LogP contribution in [0.2, 0.25) is 0 Å². The average molecular weight is 529 g/mol. The van der Waals surface area contributed by atoms with Gasteiger partial charge in [0.1, 0.15) is 12.3 Å². The number of ether oxygens (including phenoxy) is 1. The quantitative estimate of drug-likeness (QED) is 0.327. The monoisotopic (exact) mass is 528 g/mol. The fraction of sp³-hybridized carbons (Fsp3) is 0.333. The Morgan fingerprint density at radius 2 is 1.81 bits per heavy atom. The predicted molar refractivity (Wildman–Crippen MR) is 150 cm³/mol. The summed E-state index contributed by atoms with van der Waals surface area (Å²) < 4.78 is 7.50. The lowest BCUT2D eigenvalue weighted by atomic mass is 9.74. The van der Waals surface area contributed by atoms with Gasteiger partial charge < -0.3 is 10.1 Å². The minimum Gasteiger partial charge on any atom is -0.496 e. The highest BCUT2D eigenvalue weighted by atomic mass is 32.2. The minimum absolute atomic E-state index is 0.0224. The van der Waals surface area contributed by atoms with E-state index in [2.05, 4.69) is 23.5 Å². The van der Waals surface area contributed by atoms with Crippen LogP contribution in [0.4, 0.5) is 5.69 Å². The normalized spacial score (nSPS) is 25.6. The summed E-state index contributed by atoms with van der Waals surface area (Å²) in [5, 5.41) is 6.67. The Kier molecular flexibility index (Phi) is 5.66. The molecule has 2 heterocycles. The summed E-state index contributed by atoms with van der Waals surface area (Å²) in [4.78, 5) is 27.6. The van der Waals surface area contributed by atoms with Gasteiger partial charge in [0.2, 0.25) is 5.91 Å². The van der Waals surface area contributed by atoms with Crippen molar-refractivity contribution in [3.05, 3.63) is 86.8 Å². The van der Waals surface area contributed by atoms with Gasteiger partial charge in [0, 0.05) is 27.3 Å². The van der Waals surface area contributed by atoms with Crippen LogP contribution in [0.15, 0.2) is 76.6 Å². The van der Waals surface area contributed by atoms with Crippen LogP contribution in [0.3, 0.4) is 0 Å². The van der Waals surface area contributed by atoms with Crippen LogP contribution in [0, 0.1) is 17.8 Å². The number of nitrogens with one attached hydrogen (secondary N) is 1. The zero-order valence-corrected chi connectivity index (χ0v) is 22.2. The van der Waals surface area contributed by atoms with Gasteiger partial charge in [0.15, 0.2) is 0 Å². The number of aromatic nitrogens is 1. The molecule has 2 saturated carbocycles. The zero-order chi connectivity index (χ0) is 25.1. The summed E-state index contributed by atoms with van der Waals surface area (Å²) in [7, 11) is 1.72. The van der Waals surface area contributed by atoms with Crippen molar-refractivity contribution in [3.8, 4) is 5.75 Å². The second kappa shape index (κ2) is 9.07. The first-order valence-electron chi connectivity index (χ1n) is 12.9. The highest BCUT2D eigenvalue weighted by molar-refractivity contribution is 8.00. The average Bonchev–Trinajstić information content (AvgIpc) is 3.62. The lowest BCUT2D eigenvalue weighted by Gasteiger charge is -2.40. The standard InChI is InChI=1S/C30H28N2O3S2/c1-35-23-9-5-4-8-22(23)26-25-19-10-11-20(14-19)27(25)36-29-28(26)37-30(34)32(29)16-24(33)31-21-13-12-17-6-2-3-7-18(17)15-21/h2-9,12-13,15,19-20,25-27H,10-11,14,16H2,1H3,(H,31,33)/t19?,20?,25?,26-,27?/m1/s1. The third-order valence-corrected chi connectivity index (χ3v) is 11.3. The van der Waals surface area contributed by atoms with Gasteiger partial charge in [-0.2, -0.15) is 0 Å². The number of para-hydroxylation sites is 1. The first-order chi connectivity index (χ1) is 18.1. The molecule has 37 heavy (non-hydrogen) atoms. The van der Waals surface area contributed by atoms with Crippen molar-refractivity contribution >= 4 is 45.5 Å². The van der Waals surface area contributed by atoms with Crippen molar-refractivity contribution in [1.29, 1.82) is 0 Å². The van der Waals surface area contributed by atoms with Gasteiger partial charge in [-0.05, 0) is 66.0 Å². The summed E-state index contributed by atoms with van der Waals surface area (Å²) in [6.45, 7) is 0.0224. The van der Waals surface area contributed by atoms with Crippen LogP contribution in [-0.4, -0.2) is 22.8 Å². The first kappa shape index (κ1) is 23.1. The van der Waals surface area contributed by atoms with Crippen LogP contribution in [-0.2, 0) is 11.3 Å². The Morgan fingerprint density at radius 1 is 1.03 bits per heavy atom. The first-order valence-corrected chi connectivity index (χ1v) is 14.6. The molecule has 1 aliphatic heterocycles. The molecule has 5 atom stereocenters. The molecular formula is C30H28N2O3S2. The molecule has 0 radical (unpaired) electrons. The number of thioether (sulfide) groups is 1. The molecule has 0 spiro atoms. The van der Waals surface area contributed by atoms with Gasteiger partial charge in [-0.25, -0.2) is 0 Å². The Balaban J connectivity index is 1.24. The molecule has 1 aromatic heterocycles. The second-order valence-electron chi connectivity index (χ2n) is 10.4. The zero-order valence-electron chi connectivity index (χ0n) is 20.6. The smallest absolute Gasteiger partial charge is 0.308 e. The summed E-state index contributed by atoms with van der Waals surface area (Å²) in [6.07, 6.45) is 3.82. The third kappa shape index (κ3) is 3.82. The van der Waals surface area contributed by atoms with Gasteiger partial charge in [0.25, 0.3) is 0 Å². The number of carbonyl (C=O) groups is 1. The third-order valence-electron chi connectivity index (χ3n) is 8.50. The molecule has 3 aromatic carbocycles. The van der Waals surface area contributed by atoms with Crippen LogP contribution in [0.25, 0.3) is 10.8 Å². The van der Waals surface area contributed by atoms with Crippen molar-refractivity contribution in [2.24, 2.45) is 17.8 Å². The summed E-state index contributed by atoms with van der Waals surface area (Å²) >= 11 is 3.17. The molecule has 7 heteroatoms. The lowest BCUT2D eigenvalue weighted by molar-refractivity contribution is -0.116. The number of methoxy groups -OCH3 is 1. The highest BCUT2D eigenvalue weighted by Gasteiger charge is 2.55. The summed E-state index contributed by atoms with van der Waals surface area (Å²) in [6, 6.07) is 22.2. The minimum atomic E-state index is -0.178. The number of amides is 1. The number of thiazole rings is 1. The van der Waals surface area contributed by atoms with Gasteiger partial charge in [0.05, 0.1) is 12.1 Å². The van der Waals surface area contributed by atoms with Gasteiger partial charge in [-0.15, -0.1) is 11.8 Å². The van der Waals surface area contributed by atoms with Crippen LogP contribution in [0.5, 0.6) is 5.75 Å². The van der Waals surface area contributed by atoms with Crippen LogP contribution >= 0.6 is 23.1 Å². The largest absolute Gasteiger partial charge is 0.496 e. The van der Waals surface area contributed by atoms with E-state index >= 15 is 0 Å². The molecule has 2 fully saturated rings. The molecule has 188 valence electrons. The predicted octanol–water partition coefficient (Wildman–Crippen LogP) is 6.36. The maximum absolute atomic E-state index is 13.4. The molecule has 2 aliphatic carbocycles. The van der Waals surface area contributed by atoms with Gasteiger partial charge >= 0.3 is 4.87 Å². The van der Waals surface area contributed by atoms with E-state index in [9.17, 15) is 9.59 Å². The number of rotatable bonds is 5. The molecule has 3 aliphatic rings. The molecule has 7 rings (SSSR count). The van der Waals surface area contributed by atoms with Gasteiger partial charge in [-0.3, -0.25) is 14.2 Å². The Hall–Kier alpha value is -3.03. The molecule has 0 saturated heterocycles. The topological polar surface area (TPSA) is 60.3 Å². The summed E-state index contributed by atoms with van der Waals surface area (Å²) in [5.74, 6) is 2.71. The fourth-order valence-electron chi connectivity index (χ4n) is 6.97.